The zero-order chi connectivity index (χ0) is 13.7. The molecule has 6 nitrogen and oxygen atoms in total. The number of methoxy groups -OCH3 is 1. The molecule has 1 heterocycles. The van der Waals surface area contributed by atoms with E-state index in [0.717, 1.165) is 16.9 Å². The fourth-order valence-corrected chi connectivity index (χ4v) is 1.60. The highest BCUT2D eigenvalue weighted by molar-refractivity contribution is 5.72. The second-order valence-corrected chi connectivity index (χ2v) is 3.74. The summed E-state index contributed by atoms with van der Waals surface area (Å²) in [6.07, 6.45) is 3.24. The van der Waals surface area contributed by atoms with E-state index in [1.165, 1.54) is 0 Å². The predicted molar refractivity (Wildman–Crippen MR) is 70.1 cm³/mol. The van der Waals surface area contributed by atoms with E-state index >= 15 is 0 Å². The Kier molecular flexibility index (Phi) is 3.92. The smallest absolute Gasteiger partial charge is 0.322 e. The first-order chi connectivity index (χ1) is 9.20. The number of benzene rings is 1. The summed E-state index contributed by atoms with van der Waals surface area (Å²) < 4.78 is 5.26. The highest BCUT2D eigenvalue weighted by atomic mass is 16.5. The lowest BCUT2D eigenvalue weighted by atomic mass is 10.1. The largest absolute Gasteiger partial charge is 0.496 e. The Morgan fingerprint density at radius 3 is 2.63 bits per heavy atom. The van der Waals surface area contributed by atoms with Gasteiger partial charge in [0, 0.05) is 23.5 Å². The van der Waals surface area contributed by atoms with Crippen LogP contribution in [-0.4, -0.2) is 34.7 Å². The van der Waals surface area contributed by atoms with Gasteiger partial charge in [0.05, 0.1) is 7.11 Å². The third-order valence-electron chi connectivity index (χ3n) is 2.47. The van der Waals surface area contributed by atoms with Crippen molar-refractivity contribution in [1.29, 1.82) is 0 Å². The number of aliphatic carboxylic acids is 1. The van der Waals surface area contributed by atoms with Crippen LogP contribution in [0.4, 0.5) is 5.95 Å². The van der Waals surface area contributed by atoms with Gasteiger partial charge in [0.25, 0.3) is 0 Å². The third kappa shape index (κ3) is 3.19. The summed E-state index contributed by atoms with van der Waals surface area (Å²) in [4.78, 5) is 18.5. The molecule has 2 N–H and O–H groups in total. The first-order valence-electron chi connectivity index (χ1n) is 5.62. The maximum Gasteiger partial charge on any atom is 0.322 e. The maximum absolute atomic E-state index is 10.4. The van der Waals surface area contributed by atoms with Gasteiger partial charge >= 0.3 is 5.97 Å². The summed E-state index contributed by atoms with van der Waals surface area (Å²) in [5.41, 5.74) is 1.69. The molecule has 0 spiro atoms. The molecule has 0 bridgehead atoms. The molecule has 1 aromatic carbocycles. The standard InChI is InChI=1S/C13H13N3O3/c1-19-11-5-3-2-4-10(11)9-6-14-13(15-7-9)16-8-12(17)18/h2-7H,8H2,1H3,(H,17,18)(H,14,15,16). The molecule has 0 aliphatic carbocycles. The summed E-state index contributed by atoms with van der Waals surface area (Å²) in [5, 5.41) is 11.1. The number of carbonyl (C=O) groups is 1. The SMILES string of the molecule is COc1ccccc1-c1cnc(NCC(=O)O)nc1. The van der Waals surface area contributed by atoms with E-state index in [2.05, 4.69) is 15.3 Å². The van der Waals surface area contributed by atoms with Crippen LogP contribution in [0.1, 0.15) is 0 Å². The average molecular weight is 259 g/mol. The zero-order valence-electron chi connectivity index (χ0n) is 10.3. The van der Waals surface area contributed by atoms with Crippen LogP contribution in [0.5, 0.6) is 5.75 Å². The molecule has 98 valence electrons. The van der Waals surface area contributed by atoms with E-state index in [1.807, 2.05) is 24.3 Å². The summed E-state index contributed by atoms with van der Waals surface area (Å²) in [5.74, 6) is 0.0517. The summed E-state index contributed by atoms with van der Waals surface area (Å²) in [6, 6.07) is 7.54. The van der Waals surface area contributed by atoms with Gasteiger partial charge in [0.15, 0.2) is 0 Å². The van der Waals surface area contributed by atoms with Gasteiger partial charge in [-0.05, 0) is 6.07 Å². The topological polar surface area (TPSA) is 84.3 Å². The number of carboxylic acids is 1. The van der Waals surface area contributed by atoms with Gasteiger partial charge in [-0.2, -0.15) is 0 Å². The Bertz CT molecular complexity index is 570. The lowest BCUT2D eigenvalue weighted by Gasteiger charge is -2.08. The van der Waals surface area contributed by atoms with Crippen LogP contribution < -0.4 is 10.1 Å². The number of nitrogens with zero attached hydrogens (tertiary/aromatic N) is 2. The van der Waals surface area contributed by atoms with Gasteiger partial charge in [-0.3, -0.25) is 4.79 Å². The number of anilines is 1. The summed E-state index contributed by atoms with van der Waals surface area (Å²) in [6.45, 7) is -0.214. The third-order valence-corrected chi connectivity index (χ3v) is 2.47. The van der Waals surface area contributed by atoms with Crippen LogP contribution in [-0.2, 0) is 4.79 Å². The second kappa shape index (κ2) is 5.81. The van der Waals surface area contributed by atoms with Crippen molar-refractivity contribution in [2.75, 3.05) is 19.0 Å². The van der Waals surface area contributed by atoms with Gasteiger partial charge < -0.3 is 15.2 Å². The van der Waals surface area contributed by atoms with E-state index in [0.29, 0.717) is 0 Å². The van der Waals surface area contributed by atoms with E-state index in [-0.39, 0.29) is 12.5 Å². The van der Waals surface area contributed by atoms with E-state index < -0.39 is 5.97 Å². The zero-order valence-corrected chi connectivity index (χ0v) is 10.3. The van der Waals surface area contributed by atoms with Crippen LogP contribution in [0, 0.1) is 0 Å². The van der Waals surface area contributed by atoms with E-state index in [4.69, 9.17) is 9.84 Å². The molecule has 1 aromatic heterocycles. The van der Waals surface area contributed by atoms with Crippen LogP contribution in [0.15, 0.2) is 36.7 Å². The minimum absolute atomic E-state index is 0.214. The molecule has 19 heavy (non-hydrogen) atoms. The molecule has 2 aromatic rings. The highest BCUT2D eigenvalue weighted by Crippen LogP contribution is 2.28. The lowest BCUT2D eigenvalue weighted by Crippen LogP contribution is -2.14. The van der Waals surface area contributed by atoms with Crippen LogP contribution >= 0.6 is 0 Å². The van der Waals surface area contributed by atoms with Crippen molar-refractivity contribution in [2.45, 2.75) is 0 Å². The Morgan fingerprint density at radius 1 is 1.32 bits per heavy atom. The average Bonchev–Trinajstić information content (AvgIpc) is 2.45. The van der Waals surface area contributed by atoms with Gasteiger partial charge in [-0.1, -0.05) is 18.2 Å². The van der Waals surface area contributed by atoms with Crippen LogP contribution in [0.3, 0.4) is 0 Å². The number of hydrogen-bond acceptors (Lipinski definition) is 5. The number of ether oxygens (including phenoxy) is 1. The highest BCUT2D eigenvalue weighted by Gasteiger charge is 2.06. The van der Waals surface area contributed by atoms with E-state index in [1.54, 1.807) is 19.5 Å². The molecule has 0 unspecified atom stereocenters. The van der Waals surface area contributed by atoms with Crippen molar-refractivity contribution in [3.63, 3.8) is 0 Å². The number of nitrogens with one attached hydrogen (secondary N) is 1. The number of aromatic nitrogens is 2. The molecule has 0 fully saturated rings. The molecule has 6 heteroatoms. The van der Waals surface area contributed by atoms with Crippen LogP contribution in [0.25, 0.3) is 11.1 Å². The molecule has 0 amide bonds. The number of carboxylic acid groups (broad SMARTS) is 1. The molecular formula is C13H13N3O3. The molecule has 0 aliphatic rings. The van der Waals surface area contributed by atoms with Gasteiger partial charge in [-0.15, -0.1) is 0 Å². The normalized spacial score (nSPS) is 9.95. The monoisotopic (exact) mass is 259 g/mol. The van der Waals surface area contributed by atoms with Crippen LogP contribution in [0.2, 0.25) is 0 Å². The Morgan fingerprint density at radius 2 is 2.00 bits per heavy atom. The summed E-state index contributed by atoms with van der Waals surface area (Å²) >= 11 is 0. The Balaban J connectivity index is 2.20. The molecular weight excluding hydrogens is 246 g/mol. The molecule has 0 radical (unpaired) electrons. The summed E-state index contributed by atoms with van der Waals surface area (Å²) in [7, 11) is 1.60. The fraction of sp³-hybridized carbons (Fsp3) is 0.154. The number of para-hydroxylation sites is 1. The minimum atomic E-state index is -0.961. The molecule has 0 atom stereocenters. The van der Waals surface area contributed by atoms with Crippen molar-refractivity contribution in [3.05, 3.63) is 36.7 Å². The second-order valence-electron chi connectivity index (χ2n) is 3.74. The molecule has 0 saturated carbocycles. The van der Waals surface area contributed by atoms with Crippen molar-refractivity contribution in [2.24, 2.45) is 0 Å². The molecule has 2 rings (SSSR count). The number of rotatable bonds is 5. The Labute approximate surface area is 110 Å². The first-order valence-corrected chi connectivity index (χ1v) is 5.62. The first kappa shape index (κ1) is 12.8. The van der Waals surface area contributed by atoms with Crippen molar-refractivity contribution >= 4 is 11.9 Å². The predicted octanol–water partition coefficient (Wildman–Crippen LogP) is 1.65. The molecule has 0 saturated heterocycles. The lowest BCUT2D eigenvalue weighted by molar-refractivity contribution is -0.134. The van der Waals surface area contributed by atoms with Crippen molar-refractivity contribution in [1.82, 2.24) is 9.97 Å². The van der Waals surface area contributed by atoms with Crippen molar-refractivity contribution < 1.29 is 14.6 Å². The van der Waals surface area contributed by atoms with Crippen molar-refractivity contribution in [3.8, 4) is 16.9 Å². The fourth-order valence-electron chi connectivity index (χ4n) is 1.60. The molecule has 0 aliphatic heterocycles. The number of hydrogen-bond donors (Lipinski definition) is 2. The minimum Gasteiger partial charge on any atom is -0.496 e. The quantitative estimate of drug-likeness (QED) is 0.849. The van der Waals surface area contributed by atoms with Gasteiger partial charge in [0.2, 0.25) is 5.95 Å². The van der Waals surface area contributed by atoms with E-state index in [9.17, 15) is 4.79 Å². The van der Waals surface area contributed by atoms with Gasteiger partial charge in [0.1, 0.15) is 12.3 Å². The maximum atomic E-state index is 10.4. The Hall–Kier alpha value is -2.63. The van der Waals surface area contributed by atoms with Gasteiger partial charge in [-0.25, -0.2) is 9.97 Å².